The number of ether oxygens (including phenoxy) is 1. The van der Waals surface area contributed by atoms with E-state index in [9.17, 15) is 0 Å². The SMILES string of the molecule is COc1cccc(-c2c(N)noc2C2CC2)c1. The third kappa shape index (κ3) is 1.75. The number of benzene rings is 1. The highest BCUT2D eigenvalue weighted by Crippen LogP contribution is 2.46. The van der Waals surface area contributed by atoms with Crippen LogP contribution in [0.1, 0.15) is 24.5 Å². The number of nitrogens with two attached hydrogens (primary N) is 1. The molecule has 2 aromatic rings. The molecule has 1 aromatic heterocycles. The maximum absolute atomic E-state index is 5.88. The van der Waals surface area contributed by atoms with Crippen LogP contribution in [0.5, 0.6) is 5.75 Å². The average molecular weight is 230 g/mol. The van der Waals surface area contributed by atoms with Gasteiger partial charge in [-0.25, -0.2) is 0 Å². The molecule has 1 fully saturated rings. The van der Waals surface area contributed by atoms with E-state index < -0.39 is 0 Å². The first-order valence-electron chi connectivity index (χ1n) is 5.69. The van der Waals surface area contributed by atoms with E-state index in [0.29, 0.717) is 11.7 Å². The second-order valence-electron chi connectivity index (χ2n) is 4.31. The highest BCUT2D eigenvalue weighted by atomic mass is 16.5. The zero-order valence-electron chi connectivity index (χ0n) is 9.64. The van der Waals surface area contributed by atoms with Gasteiger partial charge in [-0.2, -0.15) is 0 Å². The Kier molecular flexibility index (Phi) is 2.28. The molecule has 1 aromatic carbocycles. The Hall–Kier alpha value is -1.97. The van der Waals surface area contributed by atoms with Crippen LogP contribution in [-0.2, 0) is 0 Å². The molecule has 1 heterocycles. The molecule has 0 atom stereocenters. The number of nitrogens with zero attached hydrogens (tertiary/aromatic N) is 1. The highest BCUT2D eigenvalue weighted by molar-refractivity contribution is 5.77. The first kappa shape index (κ1) is 10.2. The van der Waals surface area contributed by atoms with E-state index in [1.54, 1.807) is 7.11 Å². The lowest BCUT2D eigenvalue weighted by atomic mass is 10.0. The number of hydrogen-bond acceptors (Lipinski definition) is 4. The zero-order valence-corrected chi connectivity index (χ0v) is 9.64. The molecule has 88 valence electrons. The van der Waals surface area contributed by atoms with Crippen LogP contribution >= 0.6 is 0 Å². The molecule has 0 bridgehead atoms. The molecule has 1 aliphatic rings. The molecule has 0 saturated heterocycles. The van der Waals surface area contributed by atoms with Gasteiger partial charge < -0.3 is 15.0 Å². The fraction of sp³-hybridized carbons (Fsp3) is 0.308. The summed E-state index contributed by atoms with van der Waals surface area (Å²) >= 11 is 0. The van der Waals surface area contributed by atoms with Gasteiger partial charge in [0.15, 0.2) is 5.82 Å². The van der Waals surface area contributed by atoms with Crippen LogP contribution in [0.25, 0.3) is 11.1 Å². The Morgan fingerprint density at radius 1 is 1.41 bits per heavy atom. The summed E-state index contributed by atoms with van der Waals surface area (Å²) in [6, 6.07) is 7.80. The molecule has 1 aliphatic carbocycles. The molecule has 0 aliphatic heterocycles. The summed E-state index contributed by atoms with van der Waals surface area (Å²) in [6.45, 7) is 0. The first-order valence-corrected chi connectivity index (χ1v) is 5.69. The van der Waals surface area contributed by atoms with Crippen molar-refractivity contribution in [2.45, 2.75) is 18.8 Å². The quantitative estimate of drug-likeness (QED) is 0.880. The maximum Gasteiger partial charge on any atom is 0.175 e. The monoisotopic (exact) mass is 230 g/mol. The molecule has 4 heteroatoms. The molecule has 4 nitrogen and oxygen atoms in total. The van der Waals surface area contributed by atoms with Crippen molar-refractivity contribution in [1.82, 2.24) is 5.16 Å². The van der Waals surface area contributed by atoms with Crippen LogP contribution in [0.4, 0.5) is 5.82 Å². The zero-order chi connectivity index (χ0) is 11.8. The van der Waals surface area contributed by atoms with Crippen LogP contribution in [0.2, 0.25) is 0 Å². The Morgan fingerprint density at radius 3 is 2.94 bits per heavy atom. The second kappa shape index (κ2) is 3.80. The number of hydrogen-bond donors (Lipinski definition) is 1. The summed E-state index contributed by atoms with van der Waals surface area (Å²) in [7, 11) is 1.65. The van der Waals surface area contributed by atoms with Crippen LogP contribution < -0.4 is 10.5 Å². The van der Waals surface area contributed by atoms with Gasteiger partial charge in [-0.1, -0.05) is 17.3 Å². The fourth-order valence-electron chi connectivity index (χ4n) is 2.01. The topological polar surface area (TPSA) is 61.3 Å². The van der Waals surface area contributed by atoms with E-state index in [1.165, 1.54) is 0 Å². The summed E-state index contributed by atoms with van der Waals surface area (Å²) in [4.78, 5) is 0. The molecule has 0 unspecified atom stereocenters. The summed E-state index contributed by atoms with van der Waals surface area (Å²) < 4.78 is 10.5. The Morgan fingerprint density at radius 2 is 2.24 bits per heavy atom. The number of methoxy groups -OCH3 is 1. The smallest absolute Gasteiger partial charge is 0.175 e. The molecule has 0 radical (unpaired) electrons. The molecule has 1 saturated carbocycles. The molecule has 0 spiro atoms. The maximum atomic E-state index is 5.88. The predicted octanol–water partition coefficient (Wildman–Crippen LogP) is 2.81. The van der Waals surface area contributed by atoms with Crippen molar-refractivity contribution in [2.24, 2.45) is 0 Å². The number of rotatable bonds is 3. The van der Waals surface area contributed by atoms with Crippen LogP contribution in [0, 0.1) is 0 Å². The van der Waals surface area contributed by atoms with Crippen molar-refractivity contribution < 1.29 is 9.26 Å². The van der Waals surface area contributed by atoms with Crippen molar-refractivity contribution in [3.05, 3.63) is 30.0 Å². The standard InChI is InChI=1S/C13H14N2O2/c1-16-10-4-2-3-9(7-10)11-12(8-5-6-8)17-15-13(11)14/h2-4,7-8H,5-6H2,1H3,(H2,14,15). The van der Waals surface area contributed by atoms with Gasteiger partial charge >= 0.3 is 0 Å². The van der Waals surface area contributed by atoms with E-state index in [-0.39, 0.29) is 0 Å². The second-order valence-corrected chi connectivity index (χ2v) is 4.31. The Bertz CT molecular complexity index is 544. The van der Waals surface area contributed by atoms with Gasteiger partial charge in [0, 0.05) is 5.92 Å². The minimum absolute atomic E-state index is 0.458. The van der Waals surface area contributed by atoms with Gasteiger partial charge in [0.2, 0.25) is 0 Å². The normalized spacial score (nSPS) is 14.9. The Balaban J connectivity index is 2.10. The third-order valence-corrected chi connectivity index (χ3v) is 3.05. The molecular formula is C13H14N2O2. The van der Waals surface area contributed by atoms with Crippen molar-refractivity contribution in [2.75, 3.05) is 12.8 Å². The van der Waals surface area contributed by atoms with E-state index >= 15 is 0 Å². The summed E-state index contributed by atoms with van der Waals surface area (Å²) in [5.41, 5.74) is 7.81. The number of nitrogen functional groups attached to an aromatic ring is 1. The van der Waals surface area contributed by atoms with Crippen LogP contribution in [-0.4, -0.2) is 12.3 Å². The van der Waals surface area contributed by atoms with Crippen molar-refractivity contribution in [1.29, 1.82) is 0 Å². The van der Waals surface area contributed by atoms with E-state index in [2.05, 4.69) is 5.16 Å². The summed E-state index contributed by atoms with van der Waals surface area (Å²) in [5, 5.41) is 3.87. The van der Waals surface area contributed by atoms with E-state index in [4.69, 9.17) is 15.0 Å². The van der Waals surface area contributed by atoms with Gasteiger partial charge in [-0.05, 0) is 30.5 Å². The van der Waals surface area contributed by atoms with E-state index in [1.807, 2.05) is 24.3 Å². The minimum atomic E-state index is 0.458. The lowest BCUT2D eigenvalue weighted by Gasteiger charge is -2.04. The molecule has 17 heavy (non-hydrogen) atoms. The van der Waals surface area contributed by atoms with Gasteiger partial charge in [-0.3, -0.25) is 0 Å². The lowest BCUT2D eigenvalue weighted by Crippen LogP contribution is -1.90. The van der Waals surface area contributed by atoms with Crippen LogP contribution in [0.3, 0.4) is 0 Å². The van der Waals surface area contributed by atoms with Gasteiger partial charge in [0.05, 0.1) is 12.7 Å². The van der Waals surface area contributed by atoms with Crippen molar-refractivity contribution >= 4 is 5.82 Å². The van der Waals surface area contributed by atoms with E-state index in [0.717, 1.165) is 35.5 Å². The molecule has 3 rings (SSSR count). The van der Waals surface area contributed by atoms with Gasteiger partial charge in [0.25, 0.3) is 0 Å². The Labute approximate surface area is 99.4 Å². The van der Waals surface area contributed by atoms with Gasteiger partial charge in [0.1, 0.15) is 11.5 Å². The molecule has 2 N–H and O–H groups in total. The first-order chi connectivity index (χ1) is 8.29. The van der Waals surface area contributed by atoms with Crippen LogP contribution in [0.15, 0.2) is 28.8 Å². The number of aromatic nitrogens is 1. The van der Waals surface area contributed by atoms with Crippen molar-refractivity contribution in [3.63, 3.8) is 0 Å². The minimum Gasteiger partial charge on any atom is -0.497 e. The number of anilines is 1. The molecule has 0 amide bonds. The highest BCUT2D eigenvalue weighted by Gasteiger charge is 2.32. The fourth-order valence-corrected chi connectivity index (χ4v) is 2.01. The van der Waals surface area contributed by atoms with Gasteiger partial charge in [-0.15, -0.1) is 0 Å². The van der Waals surface area contributed by atoms with Crippen molar-refractivity contribution in [3.8, 4) is 16.9 Å². The average Bonchev–Trinajstić information content (AvgIpc) is 3.13. The lowest BCUT2D eigenvalue weighted by molar-refractivity contribution is 0.387. The summed E-state index contributed by atoms with van der Waals surface area (Å²) in [6.07, 6.45) is 2.32. The summed E-state index contributed by atoms with van der Waals surface area (Å²) in [5.74, 6) is 2.67. The third-order valence-electron chi connectivity index (χ3n) is 3.05. The molecular weight excluding hydrogens is 216 g/mol. The predicted molar refractivity (Wildman–Crippen MR) is 64.9 cm³/mol. The largest absolute Gasteiger partial charge is 0.497 e.